The second-order valence-corrected chi connectivity index (χ2v) is 10.5. The Morgan fingerprint density at radius 2 is 1.68 bits per heavy atom. The molecule has 0 aliphatic rings. The molecule has 1 amide bonds. The van der Waals surface area contributed by atoms with E-state index in [4.69, 9.17) is 11.6 Å². The third-order valence-corrected chi connectivity index (χ3v) is 7.82. The highest BCUT2D eigenvalue weighted by Crippen LogP contribution is 2.39. The van der Waals surface area contributed by atoms with E-state index in [0.29, 0.717) is 16.5 Å². The average molecular weight is 594 g/mol. The van der Waals surface area contributed by atoms with Crippen LogP contribution in [0.3, 0.4) is 0 Å². The molecule has 1 N–H and O–H groups in total. The van der Waals surface area contributed by atoms with Crippen LogP contribution in [0.5, 0.6) is 0 Å². The number of hydrogen-bond acceptors (Lipinski definition) is 5. The fraction of sp³-hybridized carbons (Fsp3) is 0.133. The van der Waals surface area contributed by atoms with Crippen molar-refractivity contribution in [3.63, 3.8) is 0 Å². The number of amides is 1. The van der Waals surface area contributed by atoms with E-state index in [1.807, 2.05) is 47.0 Å². The van der Waals surface area contributed by atoms with E-state index >= 15 is 0 Å². The Labute approximate surface area is 243 Å². The quantitative estimate of drug-likeness (QED) is 0.184. The van der Waals surface area contributed by atoms with E-state index in [9.17, 15) is 18.0 Å². The molecule has 5 rings (SSSR count). The van der Waals surface area contributed by atoms with Crippen LogP contribution in [0.2, 0.25) is 5.02 Å². The maximum absolute atomic E-state index is 13.7. The number of rotatable bonds is 8. The van der Waals surface area contributed by atoms with E-state index in [1.54, 1.807) is 36.7 Å². The normalized spacial score (nSPS) is 12.2. The lowest BCUT2D eigenvalue weighted by Crippen LogP contribution is -2.20. The Balaban J connectivity index is 1.56. The van der Waals surface area contributed by atoms with Gasteiger partial charge < -0.3 is 5.32 Å². The predicted molar refractivity (Wildman–Crippen MR) is 154 cm³/mol. The van der Waals surface area contributed by atoms with Gasteiger partial charge in [-0.1, -0.05) is 72.8 Å². The standard InChI is InChI=1S/C30H23ClF3N5OS/c1-2-19-8-11-23(12-9-19)39-27(21-14-16-35-17-15-21)37-38-29(39)41-26(20-6-4-3-5-7-20)28(40)36-25-18-22(30(32,33)34)10-13-24(25)31/h3-18,26H,2H2,1H3,(H,36,40). The minimum atomic E-state index is -4.59. The summed E-state index contributed by atoms with van der Waals surface area (Å²) in [6, 6.07) is 23.3. The lowest BCUT2D eigenvalue weighted by atomic mass is 10.1. The van der Waals surface area contributed by atoms with Gasteiger partial charge >= 0.3 is 6.18 Å². The highest BCUT2D eigenvalue weighted by molar-refractivity contribution is 8.00. The van der Waals surface area contributed by atoms with Gasteiger partial charge in [0.2, 0.25) is 5.91 Å². The fourth-order valence-electron chi connectivity index (χ4n) is 4.15. The van der Waals surface area contributed by atoms with Crippen molar-refractivity contribution in [1.82, 2.24) is 19.7 Å². The number of carbonyl (C=O) groups is 1. The van der Waals surface area contributed by atoms with Crippen LogP contribution in [-0.4, -0.2) is 25.7 Å². The Hall–Kier alpha value is -4.15. The van der Waals surface area contributed by atoms with Gasteiger partial charge in [0.15, 0.2) is 11.0 Å². The van der Waals surface area contributed by atoms with Crippen molar-refractivity contribution in [3.05, 3.63) is 119 Å². The summed E-state index contributed by atoms with van der Waals surface area (Å²) in [6.45, 7) is 2.07. The molecule has 2 aromatic heterocycles. The SMILES string of the molecule is CCc1ccc(-n2c(SC(C(=O)Nc3cc(C(F)(F)F)ccc3Cl)c3ccccc3)nnc2-c2ccncc2)cc1. The van der Waals surface area contributed by atoms with Gasteiger partial charge in [-0.2, -0.15) is 13.2 Å². The van der Waals surface area contributed by atoms with Gasteiger partial charge in [-0.3, -0.25) is 14.3 Å². The molecule has 3 aromatic carbocycles. The summed E-state index contributed by atoms with van der Waals surface area (Å²) in [5.41, 5.74) is 2.28. The average Bonchev–Trinajstić information content (AvgIpc) is 3.41. The zero-order valence-corrected chi connectivity index (χ0v) is 23.2. The summed E-state index contributed by atoms with van der Waals surface area (Å²) in [6.07, 6.45) is -0.416. The van der Waals surface area contributed by atoms with Crippen LogP contribution in [0.4, 0.5) is 18.9 Å². The number of nitrogens with zero attached hydrogens (tertiary/aromatic N) is 4. The van der Waals surface area contributed by atoms with Crippen LogP contribution >= 0.6 is 23.4 Å². The molecule has 1 atom stereocenters. The molecule has 0 fully saturated rings. The molecule has 5 aromatic rings. The largest absolute Gasteiger partial charge is 0.416 e. The van der Waals surface area contributed by atoms with Crippen LogP contribution in [0.15, 0.2) is 102 Å². The number of thioether (sulfide) groups is 1. The minimum absolute atomic E-state index is 0.0117. The number of aryl methyl sites for hydroxylation is 1. The molecular formula is C30H23ClF3N5OS. The number of pyridine rings is 1. The summed E-state index contributed by atoms with van der Waals surface area (Å²) in [4.78, 5) is 17.8. The van der Waals surface area contributed by atoms with Crippen molar-refractivity contribution >= 4 is 35.0 Å². The van der Waals surface area contributed by atoms with Crippen LogP contribution in [0.1, 0.15) is 28.9 Å². The van der Waals surface area contributed by atoms with Gasteiger partial charge in [0.25, 0.3) is 0 Å². The first-order valence-electron chi connectivity index (χ1n) is 12.6. The molecule has 1 unspecified atom stereocenters. The number of carbonyl (C=O) groups excluding carboxylic acids is 1. The summed E-state index contributed by atoms with van der Waals surface area (Å²) in [7, 11) is 0. The van der Waals surface area contributed by atoms with Crippen molar-refractivity contribution in [2.45, 2.75) is 29.9 Å². The smallest absolute Gasteiger partial charge is 0.323 e. The van der Waals surface area contributed by atoms with E-state index < -0.39 is 22.9 Å². The number of hydrogen-bond donors (Lipinski definition) is 1. The summed E-state index contributed by atoms with van der Waals surface area (Å²) in [5, 5.41) is 11.0. The number of alkyl halides is 3. The molecule has 0 aliphatic carbocycles. The minimum Gasteiger partial charge on any atom is -0.323 e. The lowest BCUT2D eigenvalue weighted by Gasteiger charge is -2.19. The van der Waals surface area contributed by atoms with Crippen LogP contribution < -0.4 is 5.32 Å². The Morgan fingerprint density at radius 3 is 2.34 bits per heavy atom. The lowest BCUT2D eigenvalue weighted by molar-refractivity contribution is -0.137. The monoisotopic (exact) mass is 593 g/mol. The first-order chi connectivity index (χ1) is 19.7. The number of nitrogens with one attached hydrogen (secondary N) is 1. The first-order valence-corrected chi connectivity index (χ1v) is 13.8. The summed E-state index contributed by atoms with van der Waals surface area (Å²) in [5.74, 6) is -0.0175. The van der Waals surface area contributed by atoms with Gasteiger partial charge in [0.05, 0.1) is 16.3 Å². The number of halogens is 4. The van der Waals surface area contributed by atoms with Crippen molar-refractivity contribution in [2.24, 2.45) is 0 Å². The molecule has 0 saturated carbocycles. The maximum Gasteiger partial charge on any atom is 0.416 e. The molecule has 11 heteroatoms. The first kappa shape index (κ1) is 28.4. The molecule has 208 valence electrons. The van der Waals surface area contributed by atoms with Gasteiger partial charge in [-0.05, 0) is 60.0 Å². The number of benzene rings is 3. The van der Waals surface area contributed by atoms with Crippen LogP contribution in [0.25, 0.3) is 17.1 Å². The van der Waals surface area contributed by atoms with Gasteiger partial charge in [-0.15, -0.1) is 10.2 Å². The van der Waals surface area contributed by atoms with Crippen molar-refractivity contribution in [1.29, 1.82) is 0 Å². The van der Waals surface area contributed by atoms with Crippen LogP contribution in [0, 0.1) is 0 Å². The second-order valence-electron chi connectivity index (χ2n) is 8.99. The molecule has 0 radical (unpaired) electrons. The van der Waals surface area contributed by atoms with Gasteiger partial charge in [0.1, 0.15) is 5.25 Å². The summed E-state index contributed by atoms with van der Waals surface area (Å²) >= 11 is 7.31. The molecule has 41 heavy (non-hydrogen) atoms. The highest BCUT2D eigenvalue weighted by Gasteiger charge is 2.32. The zero-order chi connectivity index (χ0) is 29.0. The third kappa shape index (κ3) is 6.44. The molecule has 0 bridgehead atoms. The molecular weight excluding hydrogens is 571 g/mol. The Kier molecular flexibility index (Phi) is 8.41. The van der Waals surface area contributed by atoms with E-state index in [2.05, 4.69) is 27.4 Å². The Bertz CT molecular complexity index is 1650. The van der Waals surface area contributed by atoms with Crippen molar-refractivity contribution < 1.29 is 18.0 Å². The predicted octanol–water partition coefficient (Wildman–Crippen LogP) is 8.04. The van der Waals surface area contributed by atoms with E-state index in [0.717, 1.165) is 53.2 Å². The van der Waals surface area contributed by atoms with Gasteiger partial charge in [-0.25, -0.2) is 0 Å². The maximum atomic E-state index is 13.7. The highest BCUT2D eigenvalue weighted by atomic mass is 35.5. The number of aromatic nitrogens is 4. The summed E-state index contributed by atoms with van der Waals surface area (Å²) < 4.78 is 41.9. The third-order valence-electron chi connectivity index (χ3n) is 6.29. The van der Waals surface area contributed by atoms with Crippen molar-refractivity contribution in [3.8, 4) is 17.1 Å². The van der Waals surface area contributed by atoms with Gasteiger partial charge in [0, 0.05) is 23.6 Å². The van der Waals surface area contributed by atoms with E-state index in [-0.39, 0.29) is 10.7 Å². The molecule has 0 spiro atoms. The zero-order valence-electron chi connectivity index (χ0n) is 21.6. The molecule has 6 nitrogen and oxygen atoms in total. The van der Waals surface area contributed by atoms with Crippen molar-refractivity contribution in [2.75, 3.05) is 5.32 Å². The number of anilines is 1. The Morgan fingerprint density at radius 1 is 0.976 bits per heavy atom. The van der Waals surface area contributed by atoms with E-state index in [1.165, 1.54) is 0 Å². The molecule has 0 aliphatic heterocycles. The topological polar surface area (TPSA) is 72.7 Å². The van der Waals surface area contributed by atoms with Crippen LogP contribution in [-0.2, 0) is 17.4 Å². The molecule has 2 heterocycles. The molecule has 0 saturated heterocycles. The fourth-order valence-corrected chi connectivity index (χ4v) is 5.37. The second kappa shape index (κ2) is 12.2.